The van der Waals surface area contributed by atoms with E-state index in [1.165, 1.54) is 0 Å². The van der Waals surface area contributed by atoms with E-state index in [0.717, 1.165) is 21.0 Å². The normalized spacial score (nSPS) is 10.2. The molecule has 1 aromatic carbocycles. The zero-order chi connectivity index (χ0) is 13.1. The minimum absolute atomic E-state index is 0.454. The van der Waals surface area contributed by atoms with Gasteiger partial charge in [-0.1, -0.05) is 18.2 Å². The quantitative estimate of drug-likeness (QED) is 0.876. The number of ether oxygens (including phenoxy) is 1. The third kappa shape index (κ3) is 2.90. The van der Waals surface area contributed by atoms with Crippen LogP contribution in [0, 0.1) is 20.8 Å². The van der Waals surface area contributed by atoms with Crippen LogP contribution in [0.4, 0.5) is 10.5 Å². The molecule has 0 radical (unpaired) electrons. The Labute approximate surface area is 110 Å². The van der Waals surface area contributed by atoms with Gasteiger partial charge in [0.1, 0.15) is 5.75 Å². The number of hydrogen-bond donors (Lipinski definition) is 1. The van der Waals surface area contributed by atoms with Crippen LogP contribution in [-0.2, 0) is 0 Å². The number of anilines is 1. The van der Waals surface area contributed by atoms with Crippen LogP contribution in [0.15, 0.2) is 30.3 Å². The molecule has 1 heterocycles. The smallest absolute Gasteiger partial charge is 0.409 e. The molecule has 3 nitrogen and oxygen atoms in total. The molecular weight excluding hydrogens is 246 g/mol. The lowest BCUT2D eigenvalue weighted by Crippen LogP contribution is -2.17. The summed E-state index contributed by atoms with van der Waals surface area (Å²) in [5.41, 5.74) is 1.78. The van der Waals surface area contributed by atoms with Gasteiger partial charge >= 0.3 is 6.09 Å². The summed E-state index contributed by atoms with van der Waals surface area (Å²) in [5, 5.41) is 2.74. The van der Waals surface area contributed by atoms with E-state index in [-0.39, 0.29) is 0 Å². The number of carbonyl (C=O) groups excluding carboxylic acids is 1. The standard InChI is InChI=1S/C14H15NO2S/c1-9-6-4-5-7-12(9)15-14(16)17-13-8-10(2)18-11(13)3/h4-8H,1-3H3,(H,15,16). The Hall–Kier alpha value is -1.81. The second-order valence-electron chi connectivity index (χ2n) is 4.11. The predicted octanol–water partition coefficient (Wildman–Crippen LogP) is 4.28. The summed E-state index contributed by atoms with van der Waals surface area (Å²) in [6.45, 7) is 5.87. The number of hydrogen-bond acceptors (Lipinski definition) is 3. The molecule has 0 fully saturated rings. The van der Waals surface area contributed by atoms with Crippen molar-refractivity contribution in [3.05, 3.63) is 45.6 Å². The molecule has 94 valence electrons. The van der Waals surface area contributed by atoms with E-state index in [1.807, 2.05) is 51.1 Å². The highest BCUT2D eigenvalue weighted by Crippen LogP contribution is 2.28. The molecule has 0 aliphatic heterocycles. The first-order valence-electron chi connectivity index (χ1n) is 5.68. The molecule has 0 aliphatic carbocycles. The first-order chi connectivity index (χ1) is 8.56. The lowest BCUT2D eigenvalue weighted by atomic mass is 10.2. The zero-order valence-electron chi connectivity index (χ0n) is 10.6. The molecule has 18 heavy (non-hydrogen) atoms. The summed E-state index contributed by atoms with van der Waals surface area (Å²) in [6.07, 6.45) is -0.454. The Morgan fingerprint density at radius 1 is 1.22 bits per heavy atom. The van der Waals surface area contributed by atoms with Crippen LogP contribution >= 0.6 is 11.3 Å². The van der Waals surface area contributed by atoms with Crippen LogP contribution in [0.1, 0.15) is 15.3 Å². The Kier molecular flexibility index (Phi) is 3.67. The van der Waals surface area contributed by atoms with Crippen molar-refractivity contribution in [3.8, 4) is 5.75 Å². The fourth-order valence-corrected chi connectivity index (χ4v) is 2.51. The Bertz CT molecular complexity index is 575. The lowest BCUT2D eigenvalue weighted by molar-refractivity contribution is 0.215. The minimum atomic E-state index is -0.454. The maximum absolute atomic E-state index is 11.8. The number of aryl methyl sites for hydroxylation is 3. The molecule has 1 aromatic heterocycles. The van der Waals surface area contributed by atoms with Gasteiger partial charge in [0.05, 0.1) is 0 Å². The van der Waals surface area contributed by atoms with Gasteiger partial charge in [-0.3, -0.25) is 5.32 Å². The second-order valence-corrected chi connectivity index (χ2v) is 5.57. The highest BCUT2D eigenvalue weighted by Gasteiger charge is 2.10. The molecule has 1 N–H and O–H groups in total. The van der Waals surface area contributed by atoms with E-state index in [4.69, 9.17) is 4.74 Å². The third-order valence-electron chi connectivity index (χ3n) is 2.58. The van der Waals surface area contributed by atoms with Gasteiger partial charge in [-0.05, 0) is 38.5 Å². The van der Waals surface area contributed by atoms with Gasteiger partial charge in [-0.15, -0.1) is 11.3 Å². The van der Waals surface area contributed by atoms with Crippen LogP contribution in [0.2, 0.25) is 0 Å². The topological polar surface area (TPSA) is 38.3 Å². The molecule has 4 heteroatoms. The average Bonchev–Trinajstić information content (AvgIpc) is 2.61. The van der Waals surface area contributed by atoms with Crippen molar-refractivity contribution in [2.24, 2.45) is 0 Å². The van der Waals surface area contributed by atoms with Crippen molar-refractivity contribution < 1.29 is 9.53 Å². The number of para-hydroxylation sites is 1. The largest absolute Gasteiger partial charge is 0.417 e. The van der Waals surface area contributed by atoms with E-state index in [2.05, 4.69) is 5.32 Å². The molecule has 0 atom stereocenters. The van der Waals surface area contributed by atoms with Crippen molar-refractivity contribution in [1.82, 2.24) is 0 Å². The number of carbonyl (C=O) groups is 1. The molecule has 0 saturated heterocycles. The molecule has 0 spiro atoms. The molecule has 2 aromatic rings. The molecular formula is C14H15NO2S. The van der Waals surface area contributed by atoms with E-state index < -0.39 is 6.09 Å². The highest BCUT2D eigenvalue weighted by molar-refractivity contribution is 7.12. The van der Waals surface area contributed by atoms with Crippen molar-refractivity contribution in [1.29, 1.82) is 0 Å². The Morgan fingerprint density at radius 3 is 2.56 bits per heavy atom. The first kappa shape index (κ1) is 12.6. The summed E-state index contributed by atoms with van der Waals surface area (Å²) in [5.74, 6) is 0.628. The number of rotatable bonds is 2. The van der Waals surface area contributed by atoms with Crippen LogP contribution in [0.5, 0.6) is 5.75 Å². The van der Waals surface area contributed by atoms with E-state index in [0.29, 0.717) is 5.75 Å². The van der Waals surface area contributed by atoms with Gasteiger partial charge in [0, 0.05) is 15.4 Å². The lowest BCUT2D eigenvalue weighted by Gasteiger charge is -2.08. The van der Waals surface area contributed by atoms with E-state index >= 15 is 0 Å². The van der Waals surface area contributed by atoms with Crippen LogP contribution in [0.25, 0.3) is 0 Å². The van der Waals surface area contributed by atoms with E-state index in [9.17, 15) is 4.79 Å². The fraction of sp³-hybridized carbons (Fsp3) is 0.214. The molecule has 0 saturated carbocycles. The average molecular weight is 261 g/mol. The van der Waals surface area contributed by atoms with Crippen molar-refractivity contribution in [2.75, 3.05) is 5.32 Å². The number of amides is 1. The van der Waals surface area contributed by atoms with Gasteiger partial charge < -0.3 is 4.74 Å². The monoisotopic (exact) mass is 261 g/mol. The van der Waals surface area contributed by atoms with Crippen LogP contribution < -0.4 is 10.1 Å². The molecule has 2 rings (SSSR count). The maximum atomic E-state index is 11.8. The van der Waals surface area contributed by atoms with Gasteiger partial charge in [-0.25, -0.2) is 4.79 Å². The van der Waals surface area contributed by atoms with Gasteiger partial charge in [0.25, 0.3) is 0 Å². The zero-order valence-corrected chi connectivity index (χ0v) is 11.4. The number of thiophene rings is 1. The van der Waals surface area contributed by atoms with Crippen LogP contribution in [-0.4, -0.2) is 6.09 Å². The first-order valence-corrected chi connectivity index (χ1v) is 6.49. The fourth-order valence-electron chi connectivity index (χ4n) is 1.66. The SMILES string of the molecule is Cc1cc(OC(=O)Nc2ccccc2C)c(C)s1. The molecule has 0 bridgehead atoms. The summed E-state index contributed by atoms with van der Waals surface area (Å²) in [6, 6.07) is 9.47. The second kappa shape index (κ2) is 5.23. The minimum Gasteiger partial charge on any atom is -0.409 e. The Balaban J connectivity index is 2.06. The van der Waals surface area contributed by atoms with Crippen molar-refractivity contribution in [3.63, 3.8) is 0 Å². The summed E-state index contributed by atoms with van der Waals surface area (Å²) < 4.78 is 5.29. The predicted molar refractivity (Wildman–Crippen MR) is 74.6 cm³/mol. The Morgan fingerprint density at radius 2 is 1.94 bits per heavy atom. The molecule has 0 aliphatic rings. The highest BCUT2D eigenvalue weighted by atomic mass is 32.1. The summed E-state index contributed by atoms with van der Waals surface area (Å²) >= 11 is 1.62. The maximum Gasteiger partial charge on any atom is 0.417 e. The number of benzene rings is 1. The van der Waals surface area contributed by atoms with Crippen molar-refractivity contribution >= 4 is 23.1 Å². The van der Waals surface area contributed by atoms with Gasteiger partial charge in [0.2, 0.25) is 0 Å². The summed E-state index contributed by atoms with van der Waals surface area (Å²) in [7, 11) is 0. The van der Waals surface area contributed by atoms with Crippen LogP contribution in [0.3, 0.4) is 0 Å². The third-order valence-corrected chi connectivity index (χ3v) is 3.53. The number of nitrogens with one attached hydrogen (secondary N) is 1. The molecule has 1 amide bonds. The molecule has 0 unspecified atom stereocenters. The van der Waals surface area contributed by atoms with Gasteiger partial charge in [0.15, 0.2) is 0 Å². The summed E-state index contributed by atoms with van der Waals surface area (Å²) in [4.78, 5) is 13.9. The van der Waals surface area contributed by atoms with Crippen molar-refractivity contribution in [2.45, 2.75) is 20.8 Å². The van der Waals surface area contributed by atoms with E-state index in [1.54, 1.807) is 11.3 Å². The van der Waals surface area contributed by atoms with Gasteiger partial charge in [-0.2, -0.15) is 0 Å².